The fourth-order valence-corrected chi connectivity index (χ4v) is 4.86. The van der Waals surface area contributed by atoms with Gasteiger partial charge in [-0.2, -0.15) is 0 Å². The number of amides is 2. The average molecular weight is 608 g/mol. The van der Waals surface area contributed by atoms with Gasteiger partial charge in [0.25, 0.3) is 0 Å². The number of rotatable bonds is 19. The average Bonchev–Trinajstić information content (AvgIpc) is 3.35. The number of ether oxygens (including phenoxy) is 5. The third-order valence-electron chi connectivity index (χ3n) is 7.03. The number of anilines is 2. The van der Waals surface area contributed by atoms with Crippen LogP contribution < -0.4 is 16.4 Å². The molecule has 1 aliphatic carbocycles. The van der Waals surface area contributed by atoms with Gasteiger partial charge in [0.1, 0.15) is 6.61 Å². The highest BCUT2D eigenvalue weighted by atomic mass is 16.6. The summed E-state index contributed by atoms with van der Waals surface area (Å²) < 4.78 is 27.4. The zero-order valence-corrected chi connectivity index (χ0v) is 24.8. The molecule has 3 aromatic rings. The number of nitrogens with one attached hydrogen (secondary N) is 2. The monoisotopic (exact) mass is 607 g/mol. The topological polar surface area (TPSA) is 151 Å². The van der Waals surface area contributed by atoms with Crippen molar-refractivity contribution in [3.05, 3.63) is 83.4 Å². The molecule has 0 saturated carbocycles. The highest BCUT2D eigenvalue weighted by molar-refractivity contribution is 5.92. The molecule has 0 spiro atoms. The maximum Gasteiger partial charge on any atom is 0.407 e. The first-order valence-electron chi connectivity index (χ1n) is 14.8. The third-order valence-corrected chi connectivity index (χ3v) is 7.03. The first-order chi connectivity index (χ1) is 21.6. The van der Waals surface area contributed by atoms with Gasteiger partial charge in [0.15, 0.2) is 0 Å². The van der Waals surface area contributed by atoms with Gasteiger partial charge in [-0.25, -0.2) is 4.79 Å². The quantitative estimate of drug-likeness (QED) is 0.118. The van der Waals surface area contributed by atoms with Crippen LogP contribution in [0.15, 0.2) is 66.7 Å². The van der Waals surface area contributed by atoms with Gasteiger partial charge in [-0.05, 0) is 34.4 Å². The Morgan fingerprint density at radius 2 is 1.32 bits per heavy atom. The van der Waals surface area contributed by atoms with Crippen LogP contribution in [0.5, 0.6) is 0 Å². The van der Waals surface area contributed by atoms with Crippen molar-refractivity contribution in [3.8, 4) is 11.1 Å². The second-order valence-corrected chi connectivity index (χ2v) is 10.1. The normalized spacial score (nSPS) is 12.0. The molecule has 1 aliphatic rings. The predicted octanol–water partition coefficient (Wildman–Crippen LogP) is 3.69. The molecule has 0 heterocycles. The van der Waals surface area contributed by atoms with E-state index in [0.29, 0.717) is 69.7 Å². The molecule has 44 heavy (non-hydrogen) atoms. The lowest BCUT2D eigenvalue weighted by atomic mass is 9.98. The number of carbonyl (C=O) groups is 2. The smallest absolute Gasteiger partial charge is 0.407 e. The number of hydrogen-bond donors (Lipinski definition) is 4. The second kappa shape index (κ2) is 18.0. The van der Waals surface area contributed by atoms with Gasteiger partial charge in [0.05, 0.1) is 65.9 Å². The van der Waals surface area contributed by atoms with E-state index in [4.69, 9.17) is 29.4 Å². The summed E-state index contributed by atoms with van der Waals surface area (Å²) in [5, 5.41) is 14.8. The van der Waals surface area contributed by atoms with Gasteiger partial charge in [-0.3, -0.25) is 4.79 Å². The largest absolute Gasteiger partial charge is 0.449 e. The van der Waals surface area contributed by atoms with Crippen LogP contribution in [0.1, 0.15) is 29.0 Å². The van der Waals surface area contributed by atoms with Gasteiger partial charge in [-0.1, -0.05) is 54.6 Å². The van der Waals surface area contributed by atoms with Crippen molar-refractivity contribution in [2.75, 3.05) is 77.1 Å². The Labute approximate surface area is 257 Å². The molecule has 0 atom stereocenters. The van der Waals surface area contributed by atoms with Crippen LogP contribution >= 0.6 is 0 Å². The molecule has 0 radical (unpaired) electrons. The van der Waals surface area contributed by atoms with Crippen LogP contribution in [0.25, 0.3) is 11.1 Å². The fourth-order valence-electron chi connectivity index (χ4n) is 4.86. The summed E-state index contributed by atoms with van der Waals surface area (Å²) in [4.78, 5) is 24.3. The van der Waals surface area contributed by atoms with Gasteiger partial charge >= 0.3 is 6.09 Å². The van der Waals surface area contributed by atoms with Crippen molar-refractivity contribution in [1.82, 2.24) is 5.32 Å². The minimum absolute atomic E-state index is 0.0276. The molecule has 5 N–H and O–H groups in total. The molecular formula is C33H41N3O8. The first kappa shape index (κ1) is 32.9. The van der Waals surface area contributed by atoms with Crippen molar-refractivity contribution in [3.63, 3.8) is 0 Å². The minimum atomic E-state index is -0.467. The number of nitrogens with two attached hydrogens (primary N) is 1. The Morgan fingerprint density at radius 3 is 1.93 bits per heavy atom. The van der Waals surface area contributed by atoms with Crippen LogP contribution in [0.3, 0.4) is 0 Å². The van der Waals surface area contributed by atoms with E-state index in [-0.39, 0.29) is 38.1 Å². The maximum absolute atomic E-state index is 12.2. The number of alkyl carbamates (subject to hydrolysis) is 1. The van der Waals surface area contributed by atoms with E-state index < -0.39 is 6.09 Å². The van der Waals surface area contributed by atoms with Gasteiger partial charge < -0.3 is 45.2 Å². The molecule has 0 bridgehead atoms. The van der Waals surface area contributed by atoms with E-state index in [0.717, 1.165) is 0 Å². The molecule has 11 nitrogen and oxygen atoms in total. The van der Waals surface area contributed by atoms with Crippen molar-refractivity contribution < 1.29 is 38.4 Å². The van der Waals surface area contributed by atoms with Gasteiger partial charge in [-0.15, -0.1) is 0 Å². The molecule has 0 fully saturated rings. The highest BCUT2D eigenvalue weighted by Crippen LogP contribution is 2.44. The standard InChI is InChI=1S/C33H41N3O8/c34-25-10-9-24(22-37)31(21-25)36-32(38)11-13-40-15-17-42-19-20-43-18-16-41-14-12-35-33(39)44-23-30-28-7-3-1-5-26(28)27-6-2-4-8-29(27)30/h1-10,21,30,37H,11-20,22-23,34H2,(H,35,39)(H,36,38). The van der Waals surface area contributed by atoms with E-state index in [9.17, 15) is 14.7 Å². The summed E-state index contributed by atoms with van der Waals surface area (Å²) in [6, 6.07) is 21.4. The lowest BCUT2D eigenvalue weighted by Gasteiger charge is -2.14. The number of aliphatic hydroxyl groups is 1. The van der Waals surface area contributed by atoms with Crippen LogP contribution in [0.4, 0.5) is 16.2 Å². The molecule has 3 aromatic carbocycles. The second-order valence-electron chi connectivity index (χ2n) is 10.1. The molecule has 11 heteroatoms. The van der Waals surface area contributed by atoms with Crippen LogP contribution in [0, 0.1) is 0 Å². The number of carbonyl (C=O) groups excluding carboxylic acids is 2. The highest BCUT2D eigenvalue weighted by Gasteiger charge is 2.28. The van der Waals surface area contributed by atoms with Crippen molar-refractivity contribution >= 4 is 23.4 Å². The summed E-state index contributed by atoms with van der Waals surface area (Å²) in [6.07, 6.45) is -0.296. The van der Waals surface area contributed by atoms with E-state index in [1.54, 1.807) is 18.2 Å². The molecular weight excluding hydrogens is 566 g/mol. The molecule has 2 amide bonds. The van der Waals surface area contributed by atoms with Crippen LogP contribution in [-0.2, 0) is 35.1 Å². The Balaban J connectivity index is 0.932. The summed E-state index contributed by atoms with van der Waals surface area (Å²) in [6.45, 7) is 3.38. The van der Waals surface area contributed by atoms with Crippen LogP contribution in [-0.4, -0.2) is 83.1 Å². The van der Waals surface area contributed by atoms with Crippen LogP contribution in [0.2, 0.25) is 0 Å². The van der Waals surface area contributed by atoms with Gasteiger partial charge in [0, 0.05) is 29.4 Å². The van der Waals surface area contributed by atoms with E-state index in [1.165, 1.54) is 22.3 Å². The zero-order chi connectivity index (χ0) is 31.0. The minimum Gasteiger partial charge on any atom is -0.449 e. The SMILES string of the molecule is Nc1ccc(CO)c(NC(=O)CCOCCOCCOCCOCCNC(=O)OCC2c3ccccc3-c3ccccc32)c1. The Morgan fingerprint density at radius 1 is 0.750 bits per heavy atom. The Hall–Kier alpha value is -4.00. The summed E-state index contributed by atoms with van der Waals surface area (Å²) in [5.41, 5.74) is 12.1. The third kappa shape index (κ3) is 10.0. The lowest BCUT2D eigenvalue weighted by molar-refractivity contribution is -0.117. The number of nitrogen functional groups attached to an aromatic ring is 1. The lowest BCUT2D eigenvalue weighted by Crippen LogP contribution is -2.29. The van der Waals surface area contributed by atoms with Crippen molar-refractivity contribution in [1.29, 1.82) is 0 Å². The van der Waals surface area contributed by atoms with E-state index in [2.05, 4.69) is 34.9 Å². The zero-order valence-electron chi connectivity index (χ0n) is 24.8. The predicted molar refractivity (Wildman–Crippen MR) is 166 cm³/mol. The fraction of sp³-hybridized carbons (Fsp3) is 0.394. The first-order valence-corrected chi connectivity index (χ1v) is 14.8. The molecule has 0 aliphatic heterocycles. The molecule has 0 saturated heterocycles. The van der Waals surface area contributed by atoms with E-state index >= 15 is 0 Å². The summed E-state index contributed by atoms with van der Waals surface area (Å²) >= 11 is 0. The molecule has 236 valence electrons. The van der Waals surface area contributed by atoms with Gasteiger partial charge in [0.2, 0.25) is 5.91 Å². The summed E-state index contributed by atoms with van der Waals surface area (Å²) in [7, 11) is 0. The number of aliphatic hydroxyl groups excluding tert-OH is 1. The van der Waals surface area contributed by atoms with Crippen molar-refractivity contribution in [2.45, 2.75) is 18.9 Å². The maximum atomic E-state index is 12.2. The van der Waals surface area contributed by atoms with Crippen molar-refractivity contribution in [2.24, 2.45) is 0 Å². The number of benzene rings is 3. The molecule has 4 rings (SSSR count). The molecule has 0 unspecified atom stereocenters. The summed E-state index contributed by atoms with van der Waals surface area (Å²) in [5.74, 6) is -0.199. The Bertz CT molecular complexity index is 1310. The van der Waals surface area contributed by atoms with E-state index in [1.807, 2.05) is 24.3 Å². The molecule has 0 aromatic heterocycles. The number of hydrogen-bond acceptors (Lipinski definition) is 9. The number of fused-ring (bicyclic) bond motifs is 3. The Kier molecular flexibility index (Phi) is 13.4.